The normalized spacial score (nSPS) is 10.9. The molecule has 0 saturated heterocycles. The summed E-state index contributed by atoms with van der Waals surface area (Å²) in [4.78, 5) is 24.5. The zero-order chi connectivity index (χ0) is 14.4. The number of likely N-dealkylation sites (N-methyl/N-ethyl adjacent to an activating group) is 2. The first kappa shape index (κ1) is 14.5. The number of hydrogen-bond acceptors (Lipinski definition) is 4. The smallest absolute Gasteiger partial charge is 0.254 e. The molecular formula is C12H16N4O3. The molecule has 4 N–H and O–H groups in total. The predicted molar refractivity (Wildman–Crippen MR) is 70.0 cm³/mol. The summed E-state index contributed by atoms with van der Waals surface area (Å²) >= 11 is 0. The lowest BCUT2D eigenvalue weighted by molar-refractivity contribution is -0.121. The van der Waals surface area contributed by atoms with Crippen LogP contribution >= 0.6 is 0 Å². The molecule has 19 heavy (non-hydrogen) atoms. The van der Waals surface area contributed by atoms with Crippen molar-refractivity contribution in [1.29, 1.82) is 0 Å². The first-order valence-corrected chi connectivity index (χ1v) is 5.53. The van der Waals surface area contributed by atoms with Gasteiger partial charge in [-0.05, 0) is 12.1 Å². The van der Waals surface area contributed by atoms with E-state index in [4.69, 9.17) is 10.9 Å². The quantitative estimate of drug-likeness (QED) is 0.297. The van der Waals surface area contributed by atoms with Crippen LogP contribution in [0.2, 0.25) is 0 Å². The van der Waals surface area contributed by atoms with Crippen molar-refractivity contribution in [2.24, 2.45) is 10.9 Å². The number of nitrogens with two attached hydrogens (primary N) is 1. The summed E-state index contributed by atoms with van der Waals surface area (Å²) in [5.41, 5.74) is 6.24. The third kappa shape index (κ3) is 3.70. The van der Waals surface area contributed by atoms with Crippen molar-refractivity contribution in [1.82, 2.24) is 10.2 Å². The van der Waals surface area contributed by atoms with Crippen LogP contribution in [0, 0.1) is 0 Å². The Bertz CT molecular complexity index is 513. The maximum absolute atomic E-state index is 12.1. The monoisotopic (exact) mass is 264 g/mol. The SMILES string of the molecule is CNC(=O)CN(C)C(=O)c1cccc(/C(N)=N/O)c1. The number of benzene rings is 1. The van der Waals surface area contributed by atoms with Gasteiger partial charge in [0.2, 0.25) is 5.91 Å². The average molecular weight is 264 g/mol. The van der Waals surface area contributed by atoms with Gasteiger partial charge in [-0.1, -0.05) is 17.3 Å². The third-order valence-corrected chi connectivity index (χ3v) is 2.52. The lowest BCUT2D eigenvalue weighted by atomic mass is 10.1. The van der Waals surface area contributed by atoms with Gasteiger partial charge in [0.05, 0.1) is 6.54 Å². The highest BCUT2D eigenvalue weighted by molar-refractivity contribution is 6.01. The lowest BCUT2D eigenvalue weighted by Gasteiger charge is -2.16. The van der Waals surface area contributed by atoms with Gasteiger partial charge in [-0.2, -0.15) is 0 Å². The van der Waals surface area contributed by atoms with Crippen LogP contribution in [0.15, 0.2) is 29.4 Å². The number of amides is 2. The van der Waals surface area contributed by atoms with Crippen LogP contribution in [0.1, 0.15) is 15.9 Å². The second-order valence-corrected chi connectivity index (χ2v) is 3.90. The van der Waals surface area contributed by atoms with Gasteiger partial charge in [0.25, 0.3) is 5.91 Å². The van der Waals surface area contributed by atoms with Crippen LogP contribution in [0.5, 0.6) is 0 Å². The molecule has 1 rings (SSSR count). The highest BCUT2D eigenvalue weighted by Crippen LogP contribution is 2.07. The zero-order valence-corrected chi connectivity index (χ0v) is 10.8. The summed E-state index contributed by atoms with van der Waals surface area (Å²) in [6, 6.07) is 6.33. The van der Waals surface area contributed by atoms with Crippen LogP contribution < -0.4 is 11.1 Å². The summed E-state index contributed by atoms with van der Waals surface area (Å²) in [6.45, 7) is -0.0386. The Kier molecular flexibility index (Phi) is 4.87. The number of nitrogens with zero attached hydrogens (tertiary/aromatic N) is 2. The molecule has 0 fully saturated rings. The van der Waals surface area contributed by atoms with Crippen molar-refractivity contribution in [3.8, 4) is 0 Å². The molecule has 102 valence electrons. The van der Waals surface area contributed by atoms with Gasteiger partial charge >= 0.3 is 0 Å². The van der Waals surface area contributed by atoms with E-state index in [1.165, 1.54) is 25.1 Å². The van der Waals surface area contributed by atoms with Crippen molar-refractivity contribution in [3.05, 3.63) is 35.4 Å². The van der Waals surface area contributed by atoms with Crippen molar-refractivity contribution in [2.75, 3.05) is 20.6 Å². The van der Waals surface area contributed by atoms with Gasteiger partial charge in [0.1, 0.15) is 0 Å². The molecule has 0 heterocycles. The summed E-state index contributed by atoms with van der Waals surface area (Å²) in [5, 5.41) is 13.9. The number of amidine groups is 1. The molecule has 0 radical (unpaired) electrons. The first-order chi connectivity index (χ1) is 8.99. The molecule has 0 aliphatic heterocycles. The van der Waals surface area contributed by atoms with E-state index in [2.05, 4.69) is 10.5 Å². The van der Waals surface area contributed by atoms with Crippen molar-refractivity contribution >= 4 is 17.6 Å². The van der Waals surface area contributed by atoms with Gasteiger partial charge in [0, 0.05) is 25.2 Å². The fourth-order valence-corrected chi connectivity index (χ4v) is 1.46. The Hall–Kier alpha value is -2.57. The summed E-state index contributed by atoms with van der Waals surface area (Å²) < 4.78 is 0. The highest BCUT2D eigenvalue weighted by Gasteiger charge is 2.15. The van der Waals surface area contributed by atoms with Gasteiger partial charge in [-0.25, -0.2) is 0 Å². The number of nitrogens with one attached hydrogen (secondary N) is 1. The van der Waals surface area contributed by atoms with Crippen molar-refractivity contribution < 1.29 is 14.8 Å². The van der Waals surface area contributed by atoms with Crippen LogP contribution in [-0.4, -0.2) is 48.4 Å². The molecular weight excluding hydrogens is 248 g/mol. The van der Waals surface area contributed by atoms with Crippen LogP contribution in [0.3, 0.4) is 0 Å². The lowest BCUT2D eigenvalue weighted by Crippen LogP contribution is -2.37. The third-order valence-electron chi connectivity index (χ3n) is 2.52. The van der Waals surface area contributed by atoms with E-state index in [1.807, 2.05) is 0 Å². The maximum Gasteiger partial charge on any atom is 0.254 e. The molecule has 0 aliphatic rings. The Balaban J connectivity index is 2.91. The van der Waals surface area contributed by atoms with E-state index in [0.717, 1.165) is 0 Å². The van der Waals surface area contributed by atoms with E-state index >= 15 is 0 Å². The predicted octanol–water partition coefficient (Wildman–Crippen LogP) is -0.401. The average Bonchev–Trinajstić information content (AvgIpc) is 2.45. The molecule has 0 atom stereocenters. The van der Waals surface area contributed by atoms with E-state index in [9.17, 15) is 9.59 Å². The van der Waals surface area contributed by atoms with Crippen LogP contribution in [-0.2, 0) is 4.79 Å². The number of carbonyl (C=O) groups excluding carboxylic acids is 2. The summed E-state index contributed by atoms with van der Waals surface area (Å²) in [5.74, 6) is -0.664. The fraction of sp³-hybridized carbons (Fsp3) is 0.250. The largest absolute Gasteiger partial charge is 0.409 e. The van der Waals surface area contributed by atoms with Crippen LogP contribution in [0.25, 0.3) is 0 Å². The summed E-state index contributed by atoms with van der Waals surface area (Å²) in [6.07, 6.45) is 0. The molecule has 1 aromatic carbocycles. The molecule has 2 amide bonds. The maximum atomic E-state index is 12.1. The molecule has 0 bridgehead atoms. The van der Waals surface area contributed by atoms with E-state index in [-0.39, 0.29) is 24.2 Å². The molecule has 7 nitrogen and oxygen atoms in total. The van der Waals surface area contributed by atoms with E-state index in [1.54, 1.807) is 18.2 Å². The zero-order valence-electron chi connectivity index (χ0n) is 10.8. The molecule has 0 unspecified atom stereocenters. The Morgan fingerprint density at radius 2 is 2.05 bits per heavy atom. The van der Waals surface area contributed by atoms with E-state index < -0.39 is 0 Å². The molecule has 0 aliphatic carbocycles. The molecule has 0 aromatic heterocycles. The second-order valence-electron chi connectivity index (χ2n) is 3.90. The number of rotatable bonds is 4. The molecule has 0 saturated carbocycles. The topological polar surface area (TPSA) is 108 Å². The molecule has 7 heteroatoms. The first-order valence-electron chi connectivity index (χ1n) is 5.53. The molecule has 0 spiro atoms. The van der Waals surface area contributed by atoms with Crippen LogP contribution in [0.4, 0.5) is 0 Å². The summed E-state index contributed by atoms with van der Waals surface area (Å²) in [7, 11) is 3.02. The van der Waals surface area contributed by atoms with Gasteiger partial charge in [-0.15, -0.1) is 0 Å². The standard InChI is InChI=1S/C12H16N4O3/c1-14-10(17)7-16(2)12(18)9-5-3-4-8(6-9)11(13)15-19/h3-6,19H,7H2,1-2H3,(H2,13,15)(H,14,17). The number of carbonyl (C=O) groups is 2. The highest BCUT2D eigenvalue weighted by atomic mass is 16.4. The Morgan fingerprint density at radius 3 is 2.63 bits per heavy atom. The van der Waals surface area contributed by atoms with Gasteiger partial charge in [0.15, 0.2) is 5.84 Å². The Labute approximate surface area is 110 Å². The number of oxime groups is 1. The number of hydrogen-bond donors (Lipinski definition) is 3. The minimum Gasteiger partial charge on any atom is -0.409 e. The fourth-order valence-electron chi connectivity index (χ4n) is 1.46. The minimum absolute atomic E-state index is 0.0386. The van der Waals surface area contributed by atoms with Gasteiger partial charge < -0.3 is 21.2 Å². The van der Waals surface area contributed by atoms with Crippen molar-refractivity contribution in [3.63, 3.8) is 0 Å². The minimum atomic E-state index is -0.323. The second kappa shape index (κ2) is 6.39. The Morgan fingerprint density at radius 1 is 1.42 bits per heavy atom. The van der Waals surface area contributed by atoms with Gasteiger partial charge in [-0.3, -0.25) is 9.59 Å². The molecule has 1 aromatic rings. The van der Waals surface area contributed by atoms with E-state index in [0.29, 0.717) is 11.1 Å². The van der Waals surface area contributed by atoms with Crippen molar-refractivity contribution in [2.45, 2.75) is 0 Å².